The van der Waals surface area contributed by atoms with Gasteiger partial charge in [0.15, 0.2) is 5.78 Å². The minimum Gasteiger partial charge on any atom is -0.294 e. The van der Waals surface area contributed by atoms with Crippen LogP contribution in [0.15, 0.2) is 12.1 Å². The number of carbonyl (C=O) groups excluding carboxylic acids is 1. The number of rotatable bonds is 20. The number of benzene rings is 1. The summed E-state index contributed by atoms with van der Waals surface area (Å²) in [5.74, 6) is 0.694. The summed E-state index contributed by atoms with van der Waals surface area (Å²) in [5.41, 5.74) is 4.16. The van der Waals surface area contributed by atoms with E-state index in [9.17, 15) is 4.79 Å². The zero-order valence-corrected chi connectivity index (χ0v) is 21.6. The molecule has 0 heterocycles. The van der Waals surface area contributed by atoms with Crippen LogP contribution < -0.4 is 0 Å². The van der Waals surface area contributed by atoms with Gasteiger partial charge in [0.05, 0.1) is 0 Å². The normalized spacial score (nSPS) is 11.2. The van der Waals surface area contributed by atoms with Crippen molar-refractivity contribution in [3.63, 3.8) is 0 Å². The molecule has 0 radical (unpaired) electrons. The highest BCUT2D eigenvalue weighted by atomic mass is 35.5. The van der Waals surface area contributed by atoms with E-state index in [0.29, 0.717) is 12.3 Å². The lowest BCUT2D eigenvalue weighted by molar-refractivity contribution is 0.0977. The Morgan fingerprint density at radius 2 is 1.10 bits per heavy atom. The third-order valence-electron chi connectivity index (χ3n) is 6.75. The second kappa shape index (κ2) is 18.7. The number of hydrogen-bond acceptors (Lipinski definition) is 1. The van der Waals surface area contributed by atoms with Crippen molar-refractivity contribution in [2.45, 2.75) is 142 Å². The van der Waals surface area contributed by atoms with Gasteiger partial charge in [-0.05, 0) is 37.0 Å². The highest BCUT2D eigenvalue weighted by Crippen LogP contribution is 2.23. The topological polar surface area (TPSA) is 17.1 Å². The molecule has 1 aromatic carbocycles. The second-order valence-electron chi connectivity index (χ2n) is 9.51. The summed E-state index contributed by atoms with van der Waals surface area (Å²) in [7, 11) is 0. The fraction of sp³-hybridized carbons (Fsp3) is 0.759. The van der Waals surface area contributed by atoms with Crippen LogP contribution in [0.5, 0.6) is 0 Å². The van der Waals surface area contributed by atoms with E-state index in [1.807, 2.05) is 13.0 Å². The zero-order valence-electron chi connectivity index (χ0n) is 20.9. The number of carbonyl (C=O) groups is 1. The monoisotopic (exact) mass is 448 g/mol. The molecule has 0 aliphatic carbocycles. The van der Waals surface area contributed by atoms with Crippen LogP contribution in [0.25, 0.3) is 0 Å². The van der Waals surface area contributed by atoms with Gasteiger partial charge in [-0.15, -0.1) is 11.6 Å². The fourth-order valence-electron chi connectivity index (χ4n) is 4.51. The molecule has 0 atom stereocenters. The van der Waals surface area contributed by atoms with Crippen molar-refractivity contribution in [2.24, 2.45) is 0 Å². The van der Waals surface area contributed by atoms with Crippen molar-refractivity contribution in [3.8, 4) is 0 Å². The van der Waals surface area contributed by atoms with Gasteiger partial charge in [0.1, 0.15) is 0 Å². The minimum absolute atomic E-state index is 0.276. The van der Waals surface area contributed by atoms with Gasteiger partial charge >= 0.3 is 0 Å². The molecule has 0 aliphatic heterocycles. The predicted octanol–water partition coefficient (Wildman–Crippen LogP) is 10.3. The number of ketones is 1. The summed E-state index contributed by atoms with van der Waals surface area (Å²) in [6, 6.07) is 4.08. The summed E-state index contributed by atoms with van der Waals surface area (Å²) in [6.07, 6.45) is 23.9. The van der Waals surface area contributed by atoms with E-state index < -0.39 is 0 Å². The number of unbranched alkanes of at least 4 members (excludes halogenated alkanes) is 16. The average Bonchev–Trinajstić information content (AvgIpc) is 2.77. The molecule has 0 aromatic heterocycles. The SMILES string of the molecule is CCCCCCCCCCCCCCCCCCCC(=O)c1c(CCl)ccc(C)c1C. The van der Waals surface area contributed by atoms with E-state index in [1.54, 1.807) is 0 Å². The Bertz CT molecular complexity index is 593. The van der Waals surface area contributed by atoms with Gasteiger partial charge in [0, 0.05) is 17.9 Å². The lowest BCUT2D eigenvalue weighted by Gasteiger charge is -2.12. The molecule has 1 aromatic rings. The molecule has 0 fully saturated rings. The molecule has 0 aliphatic rings. The Morgan fingerprint density at radius 3 is 1.52 bits per heavy atom. The van der Waals surface area contributed by atoms with Crippen LogP contribution in [-0.2, 0) is 5.88 Å². The Kier molecular flexibility index (Phi) is 17.0. The van der Waals surface area contributed by atoms with Gasteiger partial charge in [-0.1, -0.05) is 122 Å². The molecule has 0 unspecified atom stereocenters. The van der Waals surface area contributed by atoms with Crippen LogP contribution in [0.1, 0.15) is 150 Å². The van der Waals surface area contributed by atoms with Gasteiger partial charge in [-0.2, -0.15) is 0 Å². The number of Topliss-reactive ketones (excluding diaryl/α,β-unsaturated/α-hetero) is 1. The molecule has 178 valence electrons. The first-order valence-electron chi connectivity index (χ1n) is 13.3. The quantitative estimate of drug-likeness (QED) is 0.110. The average molecular weight is 449 g/mol. The number of halogens is 1. The molecule has 31 heavy (non-hydrogen) atoms. The van der Waals surface area contributed by atoms with E-state index >= 15 is 0 Å². The van der Waals surface area contributed by atoms with Crippen LogP contribution in [0.3, 0.4) is 0 Å². The fourth-order valence-corrected chi connectivity index (χ4v) is 4.73. The van der Waals surface area contributed by atoms with Crippen molar-refractivity contribution < 1.29 is 4.79 Å². The van der Waals surface area contributed by atoms with Crippen LogP contribution in [0.2, 0.25) is 0 Å². The highest BCUT2D eigenvalue weighted by molar-refractivity contribution is 6.18. The molecular weight excluding hydrogens is 400 g/mol. The molecule has 0 saturated heterocycles. The lowest BCUT2D eigenvalue weighted by Crippen LogP contribution is -2.07. The molecule has 0 saturated carbocycles. The van der Waals surface area contributed by atoms with Crippen molar-refractivity contribution in [2.75, 3.05) is 0 Å². The molecule has 0 N–H and O–H groups in total. The third kappa shape index (κ3) is 12.7. The molecule has 2 heteroatoms. The Labute approximate surface area is 198 Å². The van der Waals surface area contributed by atoms with Crippen molar-refractivity contribution >= 4 is 17.4 Å². The maximum Gasteiger partial charge on any atom is 0.163 e. The molecule has 1 rings (SSSR count). The standard InChI is InChI=1S/C29H49ClO/c1-4-5-6-7-8-9-10-11-12-13-14-15-16-17-18-19-20-21-28(31)29-26(3)25(2)22-23-27(29)24-30/h22-23H,4-21,24H2,1-3H3. The van der Waals surface area contributed by atoms with E-state index in [2.05, 4.69) is 19.9 Å². The first-order valence-corrected chi connectivity index (χ1v) is 13.8. The van der Waals surface area contributed by atoms with E-state index in [1.165, 1.54) is 108 Å². The Morgan fingerprint density at radius 1 is 0.677 bits per heavy atom. The van der Waals surface area contributed by atoms with Gasteiger partial charge in [-0.3, -0.25) is 4.79 Å². The highest BCUT2D eigenvalue weighted by Gasteiger charge is 2.15. The molecule has 0 amide bonds. The summed E-state index contributed by atoms with van der Waals surface area (Å²) in [4.78, 5) is 12.7. The summed E-state index contributed by atoms with van der Waals surface area (Å²) in [6.45, 7) is 6.40. The van der Waals surface area contributed by atoms with Gasteiger partial charge in [0.2, 0.25) is 0 Å². The summed E-state index contributed by atoms with van der Waals surface area (Å²) in [5, 5.41) is 0. The number of alkyl halides is 1. The van der Waals surface area contributed by atoms with Crippen molar-refractivity contribution in [3.05, 3.63) is 34.4 Å². The van der Waals surface area contributed by atoms with E-state index in [4.69, 9.17) is 11.6 Å². The third-order valence-corrected chi connectivity index (χ3v) is 7.04. The van der Waals surface area contributed by atoms with E-state index in [0.717, 1.165) is 23.1 Å². The van der Waals surface area contributed by atoms with Crippen LogP contribution in [0.4, 0.5) is 0 Å². The van der Waals surface area contributed by atoms with Gasteiger partial charge in [0.25, 0.3) is 0 Å². The lowest BCUT2D eigenvalue weighted by atomic mass is 9.93. The van der Waals surface area contributed by atoms with Crippen LogP contribution in [0, 0.1) is 13.8 Å². The van der Waals surface area contributed by atoms with Gasteiger partial charge < -0.3 is 0 Å². The van der Waals surface area contributed by atoms with E-state index in [-0.39, 0.29) is 5.78 Å². The minimum atomic E-state index is 0.276. The molecular formula is C29H49ClO. The van der Waals surface area contributed by atoms with Gasteiger partial charge in [-0.25, -0.2) is 0 Å². The van der Waals surface area contributed by atoms with Crippen molar-refractivity contribution in [1.82, 2.24) is 0 Å². The summed E-state index contributed by atoms with van der Waals surface area (Å²) < 4.78 is 0. The molecule has 0 spiro atoms. The number of aryl methyl sites for hydroxylation is 1. The first kappa shape index (κ1) is 28.2. The van der Waals surface area contributed by atoms with Crippen LogP contribution in [-0.4, -0.2) is 5.78 Å². The van der Waals surface area contributed by atoms with Crippen molar-refractivity contribution in [1.29, 1.82) is 0 Å². The molecule has 1 nitrogen and oxygen atoms in total. The smallest absolute Gasteiger partial charge is 0.163 e. The second-order valence-corrected chi connectivity index (χ2v) is 9.77. The Balaban J connectivity index is 1.95. The maximum atomic E-state index is 12.7. The first-order chi connectivity index (χ1) is 15.1. The molecule has 0 bridgehead atoms. The Hall–Kier alpha value is -0.820. The maximum absolute atomic E-state index is 12.7. The predicted molar refractivity (Wildman–Crippen MR) is 139 cm³/mol. The largest absolute Gasteiger partial charge is 0.294 e. The number of hydrogen-bond donors (Lipinski definition) is 0. The summed E-state index contributed by atoms with van der Waals surface area (Å²) >= 11 is 6.06. The zero-order chi connectivity index (χ0) is 22.7. The van der Waals surface area contributed by atoms with Crippen LogP contribution >= 0.6 is 11.6 Å².